The Kier molecular flexibility index (Phi) is 3.15. The summed E-state index contributed by atoms with van der Waals surface area (Å²) < 4.78 is 0. The number of hydrogen-bond acceptors (Lipinski definition) is 1. The van der Waals surface area contributed by atoms with Crippen LogP contribution in [0.3, 0.4) is 0 Å². The lowest BCUT2D eigenvalue weighted by Gasteiger charge is -2.07. The first-order valence-corrected chi connectivity index (χ1v) is 6.69. The minimum absolute atomic E-state index is 0.0273. The molecule has 1 aliphatic rings. The molecule has 18 heavy (non-hydrogen) atoms. The maximum Gasteiger partial charge on any atom is 0.228 e. The molecular weight excluding hydrogens is 269 g/mol. The first-order chi connectivity index (χ1) is 8.18. The van der Waals surface area contributed by atoms with Gasteiger partial charge >= 0.3 is 0 Å². The fraction of sp³-hybridized carbons (Fsp3) is 0.500. The third kappa shape index (κ3) is 2.02. The number of hydrogen-bond donors (Lipinski definition) is 1. The SMILES string of the molecule is CC1(C)C(C(=O)Nc2ccc(Cl)c(Cl)c2)C1(C)C. The van der Waals surface area contributed by atoms with Crippen molar-refractivity contribution in [1.82, 2.24) is 0 Å². The Morgan fingerprint density at radius 3 is 2.11 bits per heavy atom. The van der Waals surface area contributed by atoms with Crippen molar-refractivity contribution in [1.29, 1.82) is 0 Å². The Morgan fingerprint density at radius 1 is 1.11 bits per heavy atom. The predicted octanol–water partition coefficient (Wildman–Crippen LogP) is 4.61. The van der Waals surface area contributed by atoms with Crippen molar-refractivity contribution in [2.24, 2.45) is 16.7 Å². The molecule has 0 aromatic heterocycles. The highest BCUT2D eigenvalue weighted by Crippen LogP contribution is 2.68. The van der Waals surface area contributed by atoms with Crippen LogP contribution in [0.4, 0.5) is 5.69 Å². The third-order valence-electron chi connectivity index (χ3n) is 4.47. The maximum atomic E-state index is 12.2. The van der Waals surface area contributed by atoms with Gasteiger partial charge in [0.05, 0.1) is 10.0 Å². The number of carbonyl (C=O) groups excluding carboxylic acids is 1. The summed E-state index contributed by atoms with van der Waals surface area (Å²) in [6.07, 6.45) is 0. The summed E-state index contributed by atoms with van der Waals surface area (Å²) >= 11 is 11.8. The Morgan fingerprint density at radius 2 is 1.67 bits per heavy atom. The first kappa shape index (κ1) is 13.7. The molecule has 1 fully saturated rings. The lowest BCUT2D eigenvalue weighted by Crippen LogP contribution is -2.17. The van der Waals surface area contributed by atoms with E-state index >= 15 is 0 Å². The Hall–Kier alpha value is -0.730. The zero-order valence-corrected chi connectivity index (χ0v) is 12.5. The molecule has 0 radical (unpaired) electrons. The van der Waals surface area contributed by atoms with Gasteiger partial charge in [-0.05, 0) is 29.0 Å². The van der Waals surface area contributed by atoms with Crippen LogP contribution in [0.15, 0.2) is 18.2 Å². The molecule has 1 N–H and O–H groups in total. The first-order valence-electron chi connectivity index (χ1n) is 5.94. The number of anilines is 1. The highest BCUT2D eigenvalue weighted by Gasteiger charge is 2.68. The number of benzene rings is 1. The van der Waals surface area contributed by atoms with Gasteiger partial charge in [-0.2, -0.15) is 0 Å². The normalized spacial score (nSPS) is 20.6. The van der Waals surface area contributed by atoms with Gasteiger partial charge in [0.15, 0.2) is 0 Å². The van der Waals surface area contributed by atoms with E-state index in [9.17, 15) is 4.79 Å². The summed E-state index contributed by atoms with van der Waals surface area (Å²) in [7, 11) is 0. The van der Waals surface area contributed by atoms with E-state index in [0.717, 1.165) is 0 Å². The van der Waals surface area contributed by atoms with Crippen LogP contribution < -0.4 is 5.32 Å². The Bertz CT molecular complexity index is 495. The largest absolute Gasteiger partial charge is 0.326 e. The van der Waals surface area contributed by atoms with Crippen LogP contribution in [-0.4, -0.2) is 5.91 Å². The van der Waals surface area contributed by atoms with Crippen LogP contribution in [0.5, 0.6) is 0 Å². The molecule has 98 valence electrons. The van der Waals surface area contributed by atoms with Crippen molar-refractivity contribution in [2.75, 3.05) is 5.32 Å². The molecule has 0 bridgehead atoms. The molecule has 1 aromatic carbocycles. The van der Waals surface area contributed by atoms with Crippen LogP contribution in [0.1, 0.15) is 27.7 Å². The molecule has 4 heteroatoms. The van der Waals surface area contributed by atoms with Gasteiger partial charge in [0.25, 0.3) is 0 Å². The van der Waals surface area contributed by atoms with Gasteiger partial charge in [-0.1, -0.05) is 50.9 Å². The molecular formula is C14H17Cl2NO. The lowest BCUT2D eigenvalue weighted by molar-refractivity contribution is -0.118. The van der Waals surface area contributed by atoms with Crippen molar-refractivity contribution in [3.63, 3.8) is 0 Å². The van der Waals surface area contributed by atoms with Crippen LogP contribution in [0, 0.1) is 16.7 Å². The quantitative estimate of drug-likeness (QED) is 0.844. The van der Waals surface area contributed by atoms with E-state index in [2.05, 4.69) is 33.0 Å². The van der Waals surface area contributed by atoms with E-state index in [1.807, 2.05) is 0 Å². The van der Waals surface area contributed by atoms with Crippen LogP contribution >= 0.6 is 23.2 Å². The van der Waals surface area contributed by atoms with Gasteiger partial charge in [0.1, 0.15) is 0 Å². The molecule has 2 rings (SSSR count). The summed E-state index contributed by atoms with van der Waals surface area (Å²) in [6.45, 7) is 8.47. The highest BCUT2D eigenvalue weighted by molar-refractivity contribution is 6.42. The van der Waals surface area contributed by atoms with Gasteiger partial charge in [0.2, 0.25) is 5.91 Å². The van der Waals surface area contributed by atoms with Crippen LogP contribution in [-0.2, 0) is 4.79 Å². The molecule has 0 unspecified atom stereocenters. The highest BCUT2D eigenvalue weighted by atomic mass is 35.5. The molecule has 0 aliphatic heterocycles. The monoisotopic (exact) mass is 285 g/mol. The number of rotatable bonds is 2. The molecule has 1 aliphatic carbocycles. The van der Waals surface area contributed by atoms with Gasteiger partial charge in [-0.3, -0.25) is 4.79 Å². The Labute approximate surface area is 118 Å². The zero-order chi connectivity index (χ0) is 13.7. The smallest absolute Gasteiger partial charge is 0.228 e. The zero-order valence-electron chi connectivity index (χ0n) is 11.0. The molecule has 1 amide bonds. The van der Waals surface area contributed by atoms with E-state index < -0.39 is 0 Å². The fourth-order valence-electron chi connectivity index (χ4n) is 2.64. The molecule has 0 heterocycles. The minimum Gasteiger partial charge on any atom is -0.326 e. The standard InChI is InChI=1S/C14H17Cl2NO/c1-13(2)11(14(13,3)4)12(18)17-8-5-6-9(15)10(16)7-8/h5-7,11H,1-4H3,(H,17,18). The number of amides is 1. The van der Waals surface area contributed by atoms with E-state index in [1.165, 1.54) is 0 Å². The van der Waals surface area contributed by atoms with E-state index in [-0.39, 0.29) is 22.7 Å². The second kappa shape index (κ2) is 4.14. The third-order valence-corrected chi connectivity index (χ3v) is 5.21. The second-order valence-electron chi connectivity index (χ2n) is 5.99. The summed E-state index contributed by atoms with van der Waals surface area (Å²) in [6, 6.07) is 5.11. The second-order valence-corrected chi connectivity index (χ2v) is 6.81. The van der Waals surface area contributed by atoms with Crippen LogP contribution in [0.2, 0.25) is 10.0 Å². The van der Waals surface area contributed by atoms with E-state index in [1.54, 1.807) is 18.2 Å². The maximum absolute atomic E-state index is 12.2. The molecule has 1 aromatic rings. The van der Waals surface area contributed by atoms with Crippen molar-refractivity contribution in [3.05, 3.63) is 28.2 Å². The van der Waals surface area contributed by atoms with Crippen molar-refractivity contribution in [2.45, 2.75) is 27.7 Å². The summed E-state index contributed by atoms with van der Waals surface area (Å²) in [5, 5.41) is 3.84. The van der Waals surface area contributed by atoms with E-state index in [4.69, 9.17) is 23.2 Å². The van der Waals surface area contributed by atoms with E-state index in [0.29, 0.717) is 15.7 Å². The molecule has 0 spiro atoms. The molecule has 2 nitrogen and oxygen atoms in total. The van der Waals surface area contributed by atoms with Gasteiger partial charge < -0.3 is 5.32 Å². The lowest BCUT2D eigenvalue weighted by atomic mass is 10.0. The number of carbonyl (C=O) groups is 1. The molecule has 0 saturated heterocycles. The Balaban J connectivity index is 2.12. The average molecular weight is 286 g/mol. The summed E-state index contributed by atoms with van der Waals surface area (Å²) in [4.78, 5) is 12.2. The van der Waals surface area contributed by atoms with Crippen LogP contribution in [0.25, 0.3) is 0 Å². The summed E-state index contributed by atoms with van der Waals surface area (Å²) in [5.74, 6) is 0.0721. The van der Waals surface area contributed by atoms with Crippen molar-refractivity contribution in [3.8, 4) is 0 Å². The minimum atomic E-state index is 0.0273. The van der Waals surface area contributed by atoms with Gasteiger partial charge in [-0.15, -0.1) is 0 Å². The average Bonchev–Trinajstić information content (AvgIpc) is 2.63. The van der Waals surface area contributed by atoms with Gasteiger partial charge in [0, 0.05) is 11.6 Å². The van der Waals surface area contributed by atoms with Crippen molar-refractivity contribution >= 4 is 34.8 Å². The van der Waals surface area contributed by atoms with Gasteiger partial charge in [-0.25, -0.2) is 0 Å². The fourth-order valence-corrected chi connectivity index (χ4v) is 2.94. The van der Waals surface area contributed by atoms with Crippen molar-refractivity contribution < 1.29 is 4.79 Å². The molecule has 0 atom stereocenters. The molecule has 1 saturated carbocycles. The topological polar surface area (TPSA) is 29.1 Å². The number of halogens is 2. The number of nitrogens with one attached hydrogen (secondary N) is 1. The summed E-state index contributed by atoms with van der Waals surface area (Å²) in [5.41, 5.74) is 0.758. The predicted molar refractivity (Wildman–Crippen MR) is 76.1 cm³/mol.